The minimum absolute atomic E-state index is 0.00202. The molecule has 2 aliphatic rings. The average Bonchev–Trinajstić information content (AvgIpc) is 3.78. The zero-order chi connectivity index (χ0) is 39.3. The van der Waals surface area contributed by atoms with Gasteiger partial charge >= 0.3 is 12.1 Å². The Morgan fingerprint density at radius 3 is 2.36 bits per heavy atom. The van der Waals surface area contributed by atoms with Crippen LogP contribution < -0.4 is 30.2 Å². The molecule has 1 aliphatic heterocycles. The molecule has 2 aromatic heterocycles. The molecule has 12 nitrogen and oxygen atoms in total. The predicted molar refractivity (Wildman–Crippen MR) is 197 cm³/mol. The second kappa shape index (κ2) is 17.2. The van der Waals surface area contributed by atoms with Gasteiger partial charge in [0.15, 0.2) is 0 Å². The topological polar surface area (TPSA) is 153 Å². The Kier molecular flexibility index (Phi) is 12.4. The Bertz CT molecular complexity index is 2050. The van der Waals surface area contributed by atoms with Crippen LogP contribution in [0.5, 0.6) is 17.6 Å². The first-order chi connectivity index (χ1) is 26.4. The lowest BCUT2D eigenvalue weighted by molar-refractivity contribution is -0.141. The standard InChI is InChI=1S/C39H41ClF3N5O7/c1-52-20-31(38(50)51)45-18-22-16-29(39(41,42)43)37(48-36(22)54-3)55-32-14-12-25-24(6-4-7-26(25)32)27-8-5-9-28(34(27)40)30-13-10-21(35(47-30)53-2)17-44-19-23-11-15-33(49)46-23/h4-10,13,16,23,31-32,44-45H,11-12,14-15,17-20H2,1-3H3,(H,46,49)(H,50,51)/t23-,31-,32-/m0/s1. The van der Waals surface area contributed by atoms with Crippen LogP contribution in [0.1, 0.15) is 53.2 Å². The van der Waals surface area contributed by atoms with Gasteiger partial charge in [-0.25, -0.2) is 4.98 Å². The number of pyridine rings is 2. The van der Waals surface area contributed by atoms with Crippen LogP contribution in [0.3, 0.4) is 0 Å². The van der Waals surface area contributed by atoms with Crippen LogP contribution in [0, 0.1) is 0 Å². The van der Waals surface area contributed by atoms with Crippen LogP contribution >= 0.6 is 11.6 Å². The summed E-state index contributed by atoms with van der Waals surface area (Å²) in [6, 6.07) is 14.7. The van der Waals surface area contributed by atoms with E-state index in [1.54, 1.807) is 7.11 Å². The van der Waals surface area contributed by atoms with Crippen molar-refractivity contribution in [1.29, 1.82) is 0 Å². The van der Waals surface area contributed by atoms with Crippen LogP contribution in [0.2, 0.25) is 5.02 Å². The van der Waals surface area contributed by atoms with Crippen molar-refractivity contribution in [3.8, 4) is 40.0 Å². The predicted octanol–water partition coefficient (Wildman–Crippen LogP) is 6.12. The second-order valence-electron chi connectivity index (χ2n) is 13.2. The third kappa shape index (κ3) is 8.96. The van der Waals surface area contributed by atoms with Crippen molar-refractivity contribution >= 4 is 23.5 Å². The van der Waals surface area contributed by atoms with E-state index in [9.17, 15) is 27.9 Å². The molecule has 0 spiro atoms. The summed E-state index contributed by atoms with van der Waals surface area (Å²) in [5.74, 6) is -1.51. The molecule has 55 heavy (non-hydrogen) atoms. The number of amides is 1. The summed E-state index contributed by atoms with van der Waals surface area (Å²) in [6.45, 7) is 0.647. The summed E-state index contributed by atoms with van der Waals surface area (Å²) in [5.41, 5.74) is 4.13. The number of hydrogen-bond acceptors (Lipinski definition) is 10. The Morgan fingerprint density at radius 1 is 0.945 bits per heavy atom. The molecule has 4 N–H and O–H groups in total. The highest BCUT2D eigenvalue weighted by Crippen LogP contribution is 2.46. The summed E-state index contributed by atoms with van der Waals surface area (Å²) in [5, 5.41) is 18.8. The van der Waals surface area contributed by atoms with E-state index in [4.69, 9.17) is 35.5 Å². The van der Waals surface area contributed by atoms with Crippen molar-refractivity contribution in [1.82, 2.24) is 25.9 Å². The van der Waals surface area contributed by atoms with E-state index in [2.05, 4.69) is 20.9 Å². The van der Waals surface area contributed by atoms with Gasteiger partial charge in [-0.1, -0.05) is 54.1 Å². The number of fused-ring (bicyclic) bond motifs is 1. The summed E-state index contributed by atoms with van der Waals surface area (Å²) < 4.78 is 65.2. The molecule has 6 rings (SSSR count). The SMILES string of the molecule is COC[C@H](NCc1cc(C(F)(F)F)c(O[C@H]2CCc3c(-c4cccc(-c5ccc(CNC[C@@H]6CCC(=O)N6)c(OC)n5)c4Cl)cccc32)nc1OC)C(=O)O. The Balaban J connectivity index is 1.24. The van der Waals surface area contributed by atoms with Gasteiger partial charge < -0.3 is 34.7 Å². The maximum atomic E-state index is 14.4. The van der Waals surface area contributed by atoms with Crippen LogP contribution in [0.15, 0.2) is 54.6 Å². The Hall–Kier alpha value is -4.96. The highest BCUT2D eigenvalue weighted by molar-refractivity contribution is 6.36. The molecular weight excluding hydrogens is 743 g/mol. The van der Waals surface area contributed by atoms with E-state index in [-0.39, 0.29) is 36.5 Å². The number of carboxylic acid groups (broad SMARTS) is 1. The molecule has 292 valence electrons. The van der Waals surface area contributed by atoms with E-state index in [0.717, 1.165) is 34.7 Å². The molecule has 0 bridgehead atoms. The normalized spacial score (nSPS) is 17.1. The monoisotopic (exact) mass is 783 g/mol. The van der Waals surface area contributed by atoms with Gasteiger partial charge in [-0.15, -0.1) is 0 Å². The lowest BCUT2D eigenvalue weighted by atomic mass is 9.94. The number of carbonyl (C=O) groups is 2. The summed E-state index contributed by atoms with van der Waals surface area (Å²) in [7, 11) is 4.13. The van der Waals surface area contributed by atoms with Gasteiger partial charge in [-0.2, -0.15) is 18.2 Å². The van der Waals surface area contributed by atoms with Crippen molar-refractivity contribution in [2.24, 2.45) is 0 Å². The molecule has 1 aliphatic carbocycles. The molecule has 0 radical (unpaired) electrons. The number of alkyl halides is 3. The number of hydrogen-bond donors (Lipinski definition) is 4. The zero-order valence-corrected chi connectivity index (χ0v) is 31.1. The quantitative estimate of drug-likeness (QED) is 0.104. The smallest absolute Gasteiger partial charge is 0.421 e. The van der Waals surface area contributed by atoms with E-state index in [0.29, 0.717) is 60.1 Å². The fourth-order valence-electron chi connectivity index (χ4n) is 6.94. The average molecular weight is 784 g/mol. The molecule has 16 heteroatoms. The number of halogens is 4. The van der Waals surface area contributed by atoms with Crippen molar-refractivity contribution in [3.63, 3.8) is 0 Å². The van der Waals surface area contributed by atoms with E-state index in [1.165, 1.54) is 14.2 Å². The molecular formula is C39H41ClF3N5O7. The molecule has 0 unspecified atom stereocenters. The lowest BCUT2D eigenvalue weighted by Gasteiger charge is -2.21. The molecule has 1 saturated heterocycles. The Labute approximate surface area is 320 Å². The first kappa shape index (κ1) is 39.7. The van der Waals surface area contributed by atoms with Crippen molar-refractivity contribution in [3.05, 3.63) is 87.4 Å². The van der Waals surface area contributed by atoms with E-state index in [1.807, 2.05) is 48.5 Å². The van der Waals surface area contributed by atoms with Gasteiger partial charge in [-0.05, 0) is 48.1 Å². The number of ether oxygens (including phenoxy) is 4. The molecule has 1 amide bonds. The molecule has 3 atom stereocenters. The van der Waals surface area contributed by atoms with Crippen LogP contribution in [-0.4, -0.2) is 73.5 Å². The van der Waals surface area contributed by atoms with Gasteiger partial charge in [0.05, 0.1) is 31.5 Å². The number of nitrogens with one attached hydrogen (secondary N) is 3. The number of rotatable bonds is 16. The number of nitrogens with zero attached hydrogens (tertiary/aromatic N) is 2. The third-order valence-corrected chi connectivity index (χ3v) is 10.1. The zero-order valence-electron chi connectivity index (χ0n) is 30.4. The van der Waals surface area contributed by atoms with E-state index < -0.39 is 35.7 Å². The molecule has 4 aromatic rings. The van der Waals surface area contributed by atoms with Gasteiger partial charge in [-0.3, -0.25) is 14.9 Å². The van der Waals surface area contributed by atoms with Crippen LogP contribution in [0.25, 0.3) is 22.4 Å². The first-order valence-corrected chi connectivity index (χ1v) is 18.0. The highest BCUT2D eigenvalue weighted by Gasteiger charge is 2.39. The van der Waals surface area contributed by atoms with Crippen molar-refractivity contribution in [2.75, 3.05) is 34.5 Å². The number of methoxy groups -OCH3 is 3. The van der Waals surface area contributed by atoms with Crippen LogP contribution in [-0.2, 0) is 40.0 Å². The fraction of sp³-hybridized carbons (Fsp3) is 0.385. The number of aromatic nitrogens is 2. The number of carboxylic acids is 1. The lowest BCUT2D eigenvalue weighted by Crippen LogP contribution is -2.40. The minimum atomic E-state index is -4.83. The molecule has 2 aromatic carbocycles. The summed E-state index contributed by atoms with van der Waals surface area (Å²) >= 11 is 7.10. The number of carbonyl (C=O) groups excluding carboxylic acids is 1. The molecule has 3 heterocycles. The largest absolute Gasteiger partial charge is 0.481 e. The van der Waals surface area contributed by atoms with Gasteiger partial charge in [0, 0.05) is 61.5 Å². The third-order valence-electron chi connectivity index (χ3n) is 9.65. The van der Waals surface area contributed by atoms with Crippen LogP contribution in [0.4, 0.5) is 13.2 Å². The number of aliphatic carboxylic acids is 1. The Morgan fingerprint density at radius 2 is 1.67 bits per heavy atom. The van der Waals surface area contributed by atoms with Crippen molar-refractivity contribution in [2.45, 2.75) is 63.1 Å². The fourth-order valence-corrected chi connectivity index (χ4v) is 7.27. The van der Waals surface area contributed by atoms with Gasteiger partial charge in [0.1, 0.15) is 17.7 Å². The number of benzene rings is 2. The molecule has 1 fully saturated rings. The van der Waals surface area contributed by atoms with Gasteiger partial charge in [0.2, 0.25) is 23.5 Å². The van der Waals surface area contributed by atoms with Gasteiger partial charge in [0.25, 0.3) is 0 Å². The second-order valence-corrected chi connectivity index (χ2v) is 13.6. The molecule has 0 saturated carbocycles. The van der Waals surface area contributed by atoms with E-state index >= 15 is 0 Å². The maximum Gasteiger partial charge on any atom is 0.421 e. The van der Waals surface area contributed by atoms with Crippen molar-refractivity contribution < 1.29 is 46.8 Å². The highest BCUT2D eigenvalue weighted by atomic mass is 35.5. The first-order valence-electron chi connectivity index (χ1n) is 17.6. The summed E-state index contributed by atoms with van der Waals surface area (Å²) in [6.07, 6.45) is -3.38. The summed E-state index contributed by atoms with van der Waals surface area (Å²) in [4.78, 5) is 31.9. The maximum absolute atomic E-state index is 14.4. The minimum Gasteiger partial charge on any atom is -0.481 e.